The van der Waals surface area contributed by atoms with E-state index in [9.17, 15) is 0 Å². The summed E-state index contributed by atoms with van der Waals surface area (Å²) < 4.78 is 0.962. The Morgan fingerprint density at radius 1 is 1.33 bits per heavy atom. The number of benzene rings is 1. The summed E-state index contributed by atoms with van der Waals surface area (Å²) in [4.78, 5) is 4.28. The van der Waals surface area contributed by atoms with Crippen LogP contribution < -0.4 is 10.6 Å². The van der Waals surface area contributed by atoms with Gasteiger partial charge in [0.05, 0.1) is 11.9 Å². The summed E-state index contributed by atoms with van der Waals surface area (Å²) >= 11 is 3.46. The molecule has 6 heteroatoms. The molecule has 0 bridgehead atoms. The lowest BCUT2D eigenvalue weighted by Crippen LogP contribution is -2.06. The van der Waals surface area contributed by atoms with Crippen LogP contribution in [0.25, 0.3) is 0 Å². The fourth-order valence-corrected chi connectivity index (χ4v) is 1.69. The molecule has 2 rings (SSSR count). The van der Waals surface area contributed by atoms with Gasteiger partial charge < -0.3 is 10.6 Å². The predicted molar refractivity (Wildman–Crippen MR) is 75.9 cm³/mol. The van der Waals surface area contributed by atoms with Gasteiger partial charge in [0.2, 0.25) is 5.95 Å². The second-order valence-corrected chi connectivity index (χ2v) is 4.29. The van der Waals surface area contributed by atoms with E-state index in [0.29, 0.717) is 18.3 Å². The highest BCUT2D eigenvalue weighted by Gasteiger charge is 2.02. The number of nitrogens with zero attached hydrogens (tertiary/aromatic N) is 3. The summed E-state index contributed by atoms with van der Waals surface area (Å²) in [5, 5.41) is 13.9. The van der Waals surface area contributed by atoms with Crippen molar-refractivity contribution < 1.29 is 0 Å². The lowest BCUT2D eigenvalue weighted by Gasteiger charge is -2.08. The van der Waals surface area contributed by atoms with Gasteiger partial charge >= 0.3 is 0 Å². The lowest BCUT2D eigenvalue weighted by molar-refractivity contribution is 0.967. The Morgan fingerprint density at radius 3 is 2.94 bits per heavy atom. The zero-order chi connectivity index (χ0) is 12.8. The number of nitrogens with one attached hydrogen (secondary N) is 2. The summed E-state index contributed by atoms with van der Waals surface area (Å²) in [5.41, 5.74) is 0.924. The Hall–Kier alpha value is -1.95. The van der Waals surface area contributed by atoms with Gasteiger partial charge in [-0.3, -0.25) is 0 Å². The number of anilines is 3. The van der Waals surface area contributed by atoms with Gasteiger partial charge in [0, 0.05) is 11.0 Å². The fraction of sp³-hybridized carbons (Fsp3) is 0.0833. The molecule has 0 atom stereocenters. The first kappa shape index (κ1) is 12.5. The molecular formula is C12H12BrN5. The standard InChI is InChI=1S/C12H12BrN5/c1-2-7-14-12-17-11(8-15-18-12)16-10-6-4-3-5-9(10)13/h2-6,8H,1,7H2,(H2,14,16,17,18). The van der Waals surface area contributed by atoms with E-state index >= 15 is 0 Å². The van der Waals surface area contributed by atoms with Crippen molar-refractivity contribution in [1.29, 1.82) is 0 Å². The second-order valence-electron chi connectivity index (χ2n) is 3.44. The Balaban J connectivity index is 2.14. The number of aromatic nitrogens is 3. The molecule has 0 radical (unpaired) electrons. The molecule has 0 fully saturated rings. The highest BCUT2D eigenvalue weighted by atomic mass is 79.9. The third kappa shape index (κ3) is 3.27. The highest BCUT2D eigenvalue weighted by molar-refractivity contribution is 9.10. The summed E-state index contributed by atoms with van der Waals surface area (Å²) in [6.07, 6.45) is 3.30. The molecule has 0 unspecified atom stereocenters. The Bertz CT molecular complexity index is 543. The van der Waals surface area contributed by atoms with Crippen molar-refractivity contribution in [2.24, 2.45) is 0 Å². The van der Waals surface area contributed by atoms with Gasteiger partial charge in [-0.25, -0.2) is 0 Å². The van der Waals surface area contributed by atoms with E-state index in [1.807, 2.05) is 24.3 Å². The number of hydrogen-bond acceptors (Lipinski definition) is 5. The maximum absolute atomic E-state index is 4.28. The molecule has 0 saturated heterocycles. The summed E-state index contributed by atoms with van der Waals surface area (Å²) in [5.74, 6) is 1.09. The van der Waals surface area contributed by atoms with E-state index < -0.39 is 0 Å². The number of halogens is 1. The average molecular weight is 306 g/mol. The van der Waals surface area contributed by atoms with Crippen LogP contribution >= 0.6 is 15.9 Å². The van der Waals surface area contributed by atoms with Crippen LogP contribution in [0.1, 0.15) is 0 Å². The molecule has 1 aromatic carbocycles. The minimum Gasteiger partial charge on any atom is -0.349 e. The maximum atomic E-state index is 4.28. The van der Waals surface area contributed by atoms with E-state index in [0.717, 1.165) is 10.2 Å². The van der Waals surface area contributed by atoms with Crippen molar-refractivity contribution in [1.82, 2.24) is 15.2 Å². The highest BCUT2D eigenvalue weighted by Crippen LogP contribution is 2.24. The summed E-state index contributed by atoms with van der Waals surface area (Å²) in [6.45, 7) is 4.21. The van der Waals surface area contributed by atoms with E-state index in [1.54, 1.807) is 12.3 Å². The third-order valence-corrected chi connectivity index (χ3v) is 2.79. The zero-order valence-electron chi connectivity index (χ0n) is 9.60. The Kier molecular flexibility index (Phi) is 4.25. The van der Waals surface area contributed by atoms with Crippen LogP contribution in [0.4, 0.5) is 17.5 Å². The smallest absolute Gasteiger partial charge is 0.244 e. The molecule has 5 nitrogen and oxygen atoms in total. The number of hydrogen-bond donors (Lipinski definition) is 2. The van der Waals surface area contributed by atoms with Crippen molar-refractivity contribution in [3.05, 3.63) is 47.6 Å². The average Bonchev–Trinajstić information content (AvgIpc) is 2.40. The van der Waals surface area contributed by atoms with Crippen LogP contribution in [0.15, 0.2) is 47.6 Å². The zero-order valence-corrected chi connectivity index (χ0v) is 11.2. The molecule has 0 aliphatic rings. The van der Waals surface area contributed by atoms with Crippen LogP contribution in [0.5, 0.6) is 0 Å². The Labute approximate surface area is 113 Å². The molecule has 0 amide bonds. The van der Waals surface area contributed by atoms with Gasteiger partial charge in [-0.2, -0.15) is 10.1 Å². The molecule has 1 heterocycles. The van der Waals surface area contributed by atoms with Crippen molar-refractivity contribution in [2.75, 3.05) is 17.2 Å². The molecule has 2 aromatic rings. The number of para-hydroxylation sites is 1. The molecule has 92 valence electrons. The first-order valence-electron chi connectivity index (χ1n) is 5.35. The molecular weight excluding hydrogens is 294 g/mol. The van der Waals surface area contributed by atoms with E-state index in [4.69, 9.17) is 0 Å². The van der Waals surface area contributed by atoms with Crippen LogP contribution in [-0.4, -0.2) is 21.7 Å². The minimum atomic E-state index is 0.465. The van der Waals surface area contributed by atoms with Crippen molar-refractivity contribution in [2.45, 2.75) is 0 Å². The molecule has 2 N–H and O–H groups in total. The van der Waals surface area contributed by atoms with Crippen LogP contribution in [0.2, 0.25) is 0 Å². The normalized spacial score (nSPS) is 9.83. The topological polar surface area (TPSA) is 62.7 Å². The first-order valence-corrected chi connectivity index (χ1v) is 6.15. The summed E-state index contributed by atoms with van der Waals surface area (Å²) in [6, 6.07) is 7.79. The van der Waals surface area contributed by atoms with E-state index in [2.05, 4.69) is 48.3 Å². The van der Waals surface area contributed by atoms with Gasteiger partial charge in [0.1, 0.15) is 0 Å². The molecule has 18 heavy (non-hydrogen) atoms. The third-order valence-electron chi connectivity index (χ3n) is 2.10. The molecule has 0 saturated carbocycles. The van der Waals surface area contributed by atoms with Crippen molar-refractivity contribution in [3.8, 4) is 0 Å². The van der Waals surface area contributed by atoms with Gasteiger partial charge in [0.25, 0.3) is 0 Å². The quantitative estimate of drug-likeness (QED) is 0.832. The van der Waals surface area contributed by atoms with Crippen LogP contribution in [0.3, 0.4) is 0 Å². The van der Waals surface area contributed by atoms with Crippen molar-refractivity contribution in [3.63, 3.8) is 0 Å². The SMILES string of the molecule is C=CCNc1nncc(Nc2ccccc2Br)n1. The fourth-order valence-electron chi connectivity index (χ4n) is 1.30. The maximum Gasteiger partial charge on any atom is 0.244 e. The minimum absolute atomic E-state index is 0.465. The molecule has 1 aromatic heterocycles. The van der Waals surface area contributed by atoms with E-state index in [-0.39, 0.29) is 0 Å². The largest absolute Gasteiger partial charge is 0.349 e. The van der Waals surface area contributed by atoms with Gasteiger partial charge in [-0.15, -0.1) is 11.7 Å². The van der Waals surface area contributed by atoms with Gasteiger partial charge in [0.15, 0.2) is 5.82 Å². The van der Waals surface area contributed by atoms with Crippen LogP contribution in [-0.2, 0) is 0 Å². The van der Waals surface area contributed by atoms with Crippen LogP contribution in [0, 0.1) is 0 Å². The molecule has 0 aliphatic heterocycles. The van der Waals surface area contributed by atoms with Gasteiger partial charge in [-0.1, -0.05) is 18.2 Å². The summed E-state index contributed by atoms with van der Waals surface area (Å²) in [7, 11) is 0. The van der Waals surface area contributed by atoms with Gasteiger partial charge in [-0.05, 0) is 28.1 Å². The monoisotopic (exact) mass is 305 g/mol. The lowest BCUT2D eigenvalue weighted by atomic mass is 10.3. The molecule has 0 spiro atoms. The second kappa shape index (κ2) is 6.11. The Morgan fingerprint density at radius 2 is 2.17 bits per heavy atom. The predicted octanol–water partition coefficient (Wildman–Crippen LogP) is 2.98. The van der Waals surface area contributed by atoms with Crippen molar-refractivity contribution >= 4 is 33.4 Å². The first-order chi connectivity index (χ1) is 8.79. The molecule has 0 aliphatic carbocycles. The van der Waals surface area contributed by atoms with E-state index in [1.165, 1.54) is 0 Å². The number of rotatable bonds is 5.